The fourth-order valence-corrected chi connectivity index (χ4v) is 2.00. The molecule has 2 aromatic heterocycles. The van der Waals surface area contributed by atoms with Crippen molar-refractivity contribution in [2.24, 2.45) is 0 Å². The first-order chi connectivity index (χ1) is 9.75. The first kappa shape index (κ1) is 12.1. The number of hydrogen-bond acceptors (Lipinski definition) is 3. The molecule has 98 valence electrons. The third-order valence-electron chi connectivity index (χ3n) is 2.96. The zero-order valence-electron chi connectivity index (χ0n) is 10.5. The Morgan fingerprint density at radius 2 is 1.95 bits per heavy atom. The number of carbonyl (C=O) groups excluding carboxylic acids is 1. The lowest BCUT2D eigenvalue weighted by Crippen LogP contribution is -2.19. The van der Waals surface area contributed by atoms with E-state index in [-0.39, 0.29) is 17.2 Å². The first-order valence-corrected chi connectivity index (χ1v) is 6.08. The van der Waals surface area contributed by atoms with Gasteiger partial charge in [0.2, 0.25) is 0 Å². The van der Waals surface area contributed by atoms with Gasteiger partial charge in [-0.3, -0.25) is 14.6 Å². The highest BCUT2D eigenvalue weighted by atomic mass is 16.2. The monoisotopic (exact) mass is 265 g/mol. The summed E-state index contributed by atoms with van der Waals surface area (Å²) in [7, 11) is 0. The Hall–Kier alpha value is -2.95. The van der Waals surface area contributed by atoms with E-state index in [2.05, 4.69) is 15.3 Å². The summed E-state index contributed by atoms with van der Waals surface area (Å²) in [4.78, 5) is 30.6. The van der Waals surface area contributed by atoms with Crippen molar-refractivity contribution in [2.75, 3.05) is 5.32 Å². The van der Waals surface area contributed by atoms with Crippen molar-refractivity contribution in [2.45, 2.75) is 0 Å². The Bertz CT molecular complexity index is 834. The van der Waals surface area contributed by atoms with E-state index in [0.717, 1.165) is 10.9 Å². The topological polar surface area (TPSA) is 74.8 Å². The molecule has 0 unspecified atom stereocenters. The number of nitrogens with one attached hydrogen (secondary N) is 2. The van der Waals surface area contributed by atoms with Gasteiger partial charge in [0.15, 0.2) is 0 Å². The number of H-pyrrole nitrogens is 1. The van der Waals surface area contributed by atoms with E-state index in [1.54, 1.807) is 24.4 Å². The minimum Gasteiger partial charge on any atom is -0.327 e. The number of pyridine rings is 2. The average molecular weight is 265 g/mol. The van der Waals surface area contributed by atoms with Crippen molar-refractivity contribution in [3.63, 3.8) is 0 Å². The van der Waals surface area contributed by atoms with Gasteiger partial charge in [0.05, 0.1) is 11.1 Å². The Morgan fingerprint density at radius 1 is 1.10 bits per heavy atom. The van der Waals surface area contributed by atoms with E-state index in [0.29, 0.717) is 5.56 Å². The van der Waals surface area contributed by atoms with Gasteiger partial charge in [-0.15, -0.1) is 0 Å². The van der Waals surface area contributed by atoms with E-state index >= 15 is 0 Å². The molecule has 0 saturated heterocycles. The molecule has 0 aliphatic heterocycles. The number of aromatic amines is 1. The van der Waals surface area contributed by atoms with Crippen LogP contribution in [0.4, 0.5) is 5.69 Å². The smallest absolute Gasteiger partial charge is 0.271 e. The summed E-state index contributed by atoms with van der Waals surface area (Å²) in [5, 5.41) is 3.36. The van der Waals surface area contributed by atoms with Crippen LogP contribution in [0.2, 0.25) is 0 Å². The molecule has 20 heavy (non-hydrogen) atoms. The van der Waals surface area contributed by atoms with Crippen LogP contribution in [-0.4, -0.2) is 15.9 Å². The third kappa shape index (κ3) is 2.16. The van der Waals surface area contributed by atoms with Crippen LogP contribution in [0.15, 0.2) is 59.7 Å². The van der Waals surface area contributed by atoms with Gasteiger partial charge in [-0.2, -0.15) is 0 Å². The number of hydrogen-bond donors (Lipinski definition) is 2. The minimum absolute atomic E-state index is 0.221. The molecular formula is C15H11N3O2. The zero-order chi connectivity index (χ0) is 13.9. The van der Waals surface area contributed by atoms with Crippen LogP contribution in [0.25, 0.3) is 10.9 Å². The van der Waals surface area contributed by atoms with Gasteiger partial charge in [-0.25, -0.2) is 0 Å². The minimum atomic E-state index is -0.334. The quantitative estimate of drug-likeness (QED) is 0.745. The maximum Gasteiger partial charge on any atom is 0.271 e. The average Bonchev–Trinajstić information content (AvgIpc) is 2.49. The summed E-state index contributed by atoms with van der Waals surface area (Å²) >= 11 is 0. The van der Waals surface area contributed by atoms with E-state index in [4.69, 9.17) is 0 Å². The lowest BCUT2D eigenvalue weighted by molar-refractivity contribution is 0.102. The molecule has 0 atom stereocenters. The molecule has 0 fully saturated rings. The predicted molar refractivity (Wildman–Crippen MR) is 76.8 cm³/mol. The molecule has 2 heterocycles. The van der Waals surface area contributed by atoms with Gasteiger partial charge in [0.25, 0.3) is 11.5 Å². The molecule has 2 N–H and O–H groups in total. The van der Waals surface area contributed by atoms with Crippen molar-refractivity contribution in [3.05, 3.63) is 70.8 Å². The normalized spacial score (nSPS) is 10.4. The molecule has 5 heteroatoms. The van der Waals surface area contributed by atoms with Crippen LogP contribution < -0.4 is 10.9 Å². The summed E-state index contributed by atoms with van der Waals surface area (Å²) in [5.41, 5.74) is 1.11. The number of amides is 1. The lowest BCUT2D eigenvalue weighted by atomic mass is 10.1. The summed E-state index contributed by atoms with van der Waals surface area (Å²) in [6.45, 7) is 0. The second-order valence-corrected chi connectivity index (χ2v) is 4.24. The van der Waals surface area contributed by atoms with Crippen molar-refractivity contribution >= 4 is 22.5 Å². The van der Waals surface area contributed by atoms with Crippen LogP contribution >= 0.6 is 0 Å². The van der Waals surface area contributed by atoms with Crippen molar-refractivity contribution in [1.82, 2.24) is 9.97 Å². The van der Waals surface area contributed by atoms with E-state index in [1.807, 2.05) is 24.3 Å². The van der Waals surface area contributed by atoms with Crippen LogP contribution in [0.5, 0.6) is 0 Å². The van der Waals surface area contributed by atoms with Gasteiger partial charge in [-0.05, 0) is 24.3 Å². The second-order valence-electron chi connectivity index (χ2n) is 4.24. The Kier molecular flexibility index (Phi) is 3.01. The van der Waals surface area contributed by atoms with Crippen molar-refractivity contribution in [1.29, 1.82) is 0 Å². The number of anilines is 1. The van der Waals surface area contributed by atoms with Crippen LogP contribution in [-0.2, 0) is 0 Å². The highest BCUT2D eigenvalue weighted by Gasteiger charge is 2.11. The fraction of sp³-hybridized carbons (Fsp3) is 0. The van der Waals surface area contributed by atoms with Gasteiger partial charge in [0.1, 0.15) is 5.69 Å². The molecule has 3 aromatic rings. The number of para-hydroxylation sites is 1. The molecule has 0 saturated carbocycles. The predicted octanol–water partition coefficient (Wildman–Crippen LogP) is 2.18. The van der Waals surface area contributed by atoms with Crippen molar-refractivity contribution in [3.8, 4) is 0 Å². The molecule has 0 bridgehead atoms. The Balaban J connectivity index is 2.02. The highest BCUT2D eigenvalue weighted by molar-refractivity contribution is 6.12. The molecule has 0 radical (unpaired) electrons. The molecule has 1 amide bonds. The van der Waals surface area contributed by atoms with E-state index in [9.17, 15) is 9.59 Å². The standard InChI is InChI=1S/C15H11N3O2/c19-14(18-13-6-3-8-17-15(13)20)11-7-9-16-12-5-2-1-4-10(11)12/h1-9H,(H,17,20)(H,18,19). The summed E-state index contributed by atoms with van der Waals surface area (Å²) < 4.78 is 0. The number of rotatable bonds is 2. The SMILES string of the molecule is O=C(Nc1ccc[nH]c1=O)c1ccnc2ccccc12. The maximum atomic E-state index is 12.3. The van der Waals surface area contributed by atoms with Crippen molar-refractivity contribution < 1.29 is 4.79 Å². The molecule has 5 nitrogen and oxygen atoms in total. The zero-order valence-corrected chi connectivity index (χ0v) is 10.5. The first-order valence-electron chi connectivity index (χ1n) is 6.08. The van der Waals surface area contributed by atoms with Crippen LogP contribution in [0.3, 0.4) is 0 Å². The Labute approximate surface area is 114 Å². The number of fused-ring (bicyclic) bond motifs is 1. The highest BCUT2D eigenvalue weighted by Crippen LogP contribution is 2.17. The molecule has 0 spiro atoms. The maximum absolute atomic E-state index is 12.3. The second kappa shape index (κ2) is 4.97. The molecule has 1 aromatic carbocycles. The fourth-order valence-electron chi connectivity index (χ4n) is 2.00. The number of carbonyl (C=O) groups is 1. The van der Waals surface area contributed by atoms with Gasteiger partial charge in [0, 0.05) is 17.8 Å². The summed E-state index contributed by atoms with van der Waals surface area (Å²) in [5.74, 6) is -0.333. The number of benzene rings is 1. The van der Waals surface area contributed by atoms with Crippen LogP contribution in [0.1, 0.15) is 10.4 Å². The van der Waals surface area contributed by atoms with Crippen LogP contribution in [0, 0.1) is 0 Å². The number of nitrogens with zero attached hydrogens (tertiary/aromatic N) is 1. The molecular weight excluding hydrogens is 254 g/mol. The molecule has 0 aliphatic rings. The molecule has 3 rings (SSSR count). The number of aromatic nitrogens is 2. The lowest BCUT2D eigenvalue weighted by Gasteiger charge is -2.06. The van der Waals surface area contributed by atoms with E-state index < -0.39 is 0 Å². The van der Waals surface area contributed by atoms with Gasteiger partial charge >= 0.3 is 0 Å². The van der Waals surface area contributed by atoms with E-state index in [1.165, 1.54) is 6.20 Å². The van der Waals surface area contributed by atoms with Gasteiger partial charge < -0.3 is 10.3 Å². The molecule has 0 aliphatic carbocycles. The summed E-state index contributed by atoms with van der Waals surface area (Å²) in [6, 6.07) is 12.2. The third-order valence-corrected chi connectivity index (χ3v) is 2.96. The Morgan fingerprint density at radius 3 is 2.80 bits per heavy atom. The largest absolute Gasteiger partial charge is 0.327 e. The summed E-state index contributed by atoms with van der Waals surface area (Å²) in [6.07, 6.45) is 3.09. The van der Waals surface area contributed by atoms with Gasteiger partial charge in [-0.1, -0.05) is 18.2 Å².